The molecule has 0 atom stereocenters. The number of nitrogens with one attached hydrogen (secondary N) is 1. The molecule has 0 aliphatic heterocycles. The van der Waals surface area contributed by atoms with Crippen molar-refractivity contribution in [3.63, 3.8) is 0 Å². The number of ketones is 1. The average molecular weight is 336 g/mol. The Morgan fingerprint density at radius 3 is 2.50 bits per heavy atom. The molecule has 3 rings (SSSR count). The van der Waals surface area contributed by atoms with Gasteiger partial charge in [0.25, 0.3) is 0 Å². The lowest BCUT2D eigenvalue weighted by molar-refractivity contribution is 0.103. The molecule has 0 radical (unpaired) electrons. The summed E-state index contributed by atoms with van der Waals surface area (Å²) < 4.78 is 28.1. The number of carbonyl (C=O) groups excluding carboxylic acids is 1. The van der Waals surface area contributed by atoms with Crippen molar-refractivity contribution in [3.05, 3.63) is 69.8 Å². The van der Waals surface area contributed by atoms with Gasteiger partial charge in [-0.25, -0.2) is 8.78 Å². The lowest BCUT2D eigenvalue weighted by Crippen LogP contribution is -2.05. The molecule has 0 saturated heterocycles. The highest BCUT2D eigenvalue weighted by Gasteiger charge is 2.21. The second-order valence-electron chi connectivity index (χ2n) is 4.29. The molecule has 0 bridgehead atoms. The van der Waals surface area contributed by atoms with Gasteiger partial charge >= 0.3 is 0 Å². The minimum absolute atomic E-state index is 0.100. The van der Waals surface area contributed by atoms with Crippen molar-refractivity contribution in [2.75, 3.05) is 0 Å². The summed E-state index contributed by atoms with van der Waals surface area (Å²) in [4.78, 5) is 15.3. The molecular weight excluding hydrogens is 328 g/mol. The zero-order chi connectivity index (χ0) is 14.3. The summed E-state index contributed by atoms with van der Waals surface area (Å²) in [6, 6.07) is 8.73. The van der Waals surface area contributed by atoms with Crippen LogP contribution < -0.4 is 0 Å². The van der Waals surface area contributed by atoms with Gasteiger partial charge in [0.05, 0.1) is 11.1 Å². The van der Waals surface area contributed by atoms with Gasteiger partial charge in [0.15, 0.2) is 5.78 Å². The van der Waals surface area contributed by atoms with E-state index in [-0.39, 0.29) is 16.5 Å². The van der Waals surface area contributed by atoms with Gasteiger partial charge in [-0.15, -0.1) is 0 Å². The minimum Gasteiger partial charge on any atom is -0.360 e. The van der Waals surface area contributed by atoms with Crippen molar-refractivity contribution in [2.45, 2.75) is 0 Å². The Morgan fingerprint density at radius 1 is 1.05 bits per heavy atom. The van der Waals surface area contributed by atoms with Gasteiger partial charge < -0.3 is 4.98 Å². The van der Waals surface area contributed by atoms with E-state index < -0.39 is 17.4 Å². The Hall–Kier alpha value is -2.01. The van der Waals surface area contributed by atoms with E-state index in [1.165, 1.54) is 24.4 Å². The Balaban J connectivity index is 2.24. The van der Waals surface area contributed by atoms with Crippen molar-refractivity contribution in [2.24, 2.45) is 0 Å². The first-order valence-corrected chi connectivity index (χ1v) is 6.63. The number of rotatable bonds is 2. The third kappa shape index (κ3) is 1.94. The van der Waals surface area contributed by atoms with Gasteiger partial charge in [-0.3, -0.25) is 4.79 Å². The molecule has 1 aromatic heterocycles. The molecule has 0 aliphatic carbocycles. The monoisotopic (exact) mass is 335 g/mol. The summed E-state index contributed by atoms with van der Waals surface area (Å²) in [5.74, 6) is -1.72. The topological polar surface area (TPSA) is 32.9 Å². The lowest BCUT2D eigenvalue weighted by Gasteiger charge is -2.04. The zero-order valence-electron chi connectivity index (χ0n) is 10.1. The van der Waals surface area contributed by atoms with E-state index in [1.807, 2.05) is 0 Å². The predicted octanol–water partition coefficient (Wildman–Crippen LogP) is 4.44. The molecule has 0 saturated carbocycles. The fraction of sp³-hybridized carbons (Fsp3) is 0. The minimum atomic E-state index is -0.643. The number of hydrogen-bond donors (Lipinski definition) is 1. The number of fused-ring (bicyclic) bond motifs is 1. The Morgan fingerprint density at radius 2 is 1.75 bits per heavy atom. The first-order chi connectivity index (χ1) is 9.59. The van der Waals surface area contributed by atoms with E-state index in [4.69, 9.17) is 0 Å². The van der Waals surface area contributed by atoms with Crippen molar-refractivity contribution < 1.29 is 13.6 Å². The fourth-order valence-corrected chi connectivity index (χ4v) is 2.69. The van der Waals surface area contributed by atoms with Crippen LogP contribution in [0.4, 0.5) is 8.78 Å². The molecule has 0 fully saturated rings. The highest BCUT2D eigenvalue weighted by atomic mass is 79.9. The fourth-order valence-electron chi connectivity index (χ4n) is 2.17. The number of aromatic amines is 1. The number of benzene rings is 2. The molecule has 2 nitrogen and oxygen atoms in total. The number of halogens is 3. The van der Waals surface area contributed by atoms with Crippen LogP contribution in [0, 0.1) is 11.6 Å². The van der Waals surface area contributed by atoms with Gasteiger partial charge in [0.1, 0.15) is 11.6 Å². The smallest absolute Gasteiger partial charge is 0.199 e. The first-order valence-electron chi connectivity index (χ1n) is 5.84. The van der Waals surface area contributed by atoms with Crippen molar-refractivity contribution in [1.82, 2.24) is 4.98 Å². The van der Waals surface area contributed by atoms with E-state index >= 15 is 0 Å². The second-order valence-corrected chi connectivity index (χ2v) is 5.14. The van der Waals surface area contributed by atoms with Crippen LogP contribution in [0.3, 0.4) is 0 Å². The number of hydrogen-bond acceptors (Lipinski definition) is 1. The predicted molar refractivity (Wildman–Crippen MR) is 75.8 cm³/mol. The van der Waals surface area contributed by atoms with Gasteiger partial charge in [-0.2, -0.15) is 0 Å². The van der Waals surface area contributed by atoms with Crippen molar-refractivity contribution in [3.8, 4) is 0 Å². The Bertz CT molecular complexity index is 806. The van der Waals surface area contributed by atoms with E-state index in [0.717, 1.165) is 0 Å². The third-order valence-electron chi connectivity index (χ3n) is 3.09. The maximum absolute atomic E-state index is 13.9. The Kier molecular flexibility index (Phi) is 3.14. The van der Waals surface area contributed by atoms with Crippen LogP contribution in [0.2, 0.25) is 0 Å². The largest absolute Gasteiger partial charge is 0.360 e. The van der Waals surface area contributed by atoms with Gasteiger partial charge in [0, 0.05) is 21.6 Å². The molecule has 5 heteroatoms. The normalized spacial score (nSPS) is 10.9. The molecule has 20 heavy (non-hydrogen) atoms. The number of carbonyl (C=O) groups is 1. The van der Waals surface area contributed by atoms with Crippen molar-refractivity contribution >= 4 is 32.6 Å². The molecule has 3 aromatic rings. The molecule has 100 valence electrons. The maximum atomic E-state index is 13.9. The molecule has 0 unspecified atom stereocenters. The molecule has 0 spiro atoms. The van der Waals surface area contributed by atoms with Gasteiger partial charge in [-0.05, 0) is 40.2 Å². The standard InChI is InChI=1S/C15H8BrF2NO/c16-9-3-1-4-11(18)14(9)15(20)8-7-19-12-6-2-5-10(17)13(8)12/h1-7,19H. The summed E-state index contributed by atoms with van der Waals surface area (Å²) >= 11 is 3.15. The van der Waals surface area contributed by atoms with E-state index in [9.17, 15) is 13.6 Å². The van der Waals surface area contributed by atoms with Crippen LogP contribution in [-0.2, 0) is 0 Å². The summed E-state index contributed by atoms with van der Waals surface area (Å²) in [6.45, 7) is 0. The van der Waals surface area contributed by atoms with Crippen LogP contribution in [0.25, 0.3) is 10.9 Å². The van der Waals surface area contributed by atoms with E-state index in [1.54, 1.807) is 18.2 Å². The highest BCUT2D eigenvalue weighted by Crippen LogP contribution is 2.28. The summed E-state index contributed by atoms with van der Waals surface area (Å²) in [5.41, 5.74) is 0.515. The second kappa shape index (κ2) is 4.83. The SMILES string of the molecule is O=C(c1c(F)cccc1Br)c1c[nH]c2cccc(F)c12. The summed E-state index contributed by atoms with van der Waals surface area (Å²) in [6.07, 6.45) is 1.40. The van der Waals surface area contributed by atoms with Crippen LogP contribution in [-0.4, -0.2) is 10.8 Å². The van der Waals surface area contributed by atoms with Crippen LogP contribution in [0.1, 0.15) is 15.9 Å². The maximum Gasteiger partial charge on any atom is 0.199 e. The van der Waals surface area contributed by atoms with E-state index in [2.05, 4.69) is 20.9 Å². The zero-order valence-corrected chi connectivity index (χ0v) is 11.7. The van der Waals surface area contributed by atoms with E-state index in [0.29, 0.717) is 9.99 Å². The van der Waals surface area contributed by atoms with Gasteiger partial charge in [0.2, 0.25) is 0 Å². The lowest BCUT2D eigenvalue weighted by atomic mass is 10.0. The molecule has 0 amide bonds. The first kappa shape index (κ1) is 13.0. The summed E-state index contributed by atoms with van der Waals surface area (Å²) in [7, 11) is 0. The van der Waals surface area contributed by atoms with Crippen LogP contribution in [0.15, 0.2) is 47.1 Å². The van der Waals surface area contributed by atoms with Crippen molar-refractivity contribution in [1.29, 1.82) is 0 Å². The number of H-pyrrole nitrogens is 1. The summed E-state index contributed by atoms with van der Waals surface area (Å²) in [5, 5.41) is 0.174. The average Bonchev–Trinajstić information content (AvgIpc) is 2.83. The van der Waals surface area contributed by atoms with Crippen LogP contribution in [0.5, 0.6) is 0 Å². The van der Waals surface area contributed by atoms with Gasteiger partial charge in [-0.1, -0.05) is 12.1 Å². The number of aromatic nitrogens is 1. The quantitative estimate of drug-likeness (QED) is 0.690. The molecule has 1 heterocycles. The Labute approximate surface area is 121 Å². The molecular formula is C15H8BrF2NO. The van der Waals surface area contributed by atoms with Crippen LogP contribution >= 0.6 is 15.9 Å². The molecule has 2 aromatic carbocycles. The molecule has 1 N–H and O–H groups in total. The molecule has 0 aliphatic rings. The third-order valence-corrected chi connectivity index (χ3v) is 3.75. The highest BCUT2D eigenvalue weighted by molar-refractivity contribution is 9.10.